The molecule has 0 fully saturated rings. The average Bonchev–Trinajstić information content (AvgIpc) is 3.04. The lowest BCUT2D eigenvalue weighted by Gasteiger charge is -2.06. The molecule has 5 nitrogen and oxygen atoms in total. The van der Waals surface area contributed by atoms with Crippen molar-refractivity contribution in [2.75, 3.05) is 5.32 Å². The van der Waals surface area contributed by atoms with E-state index in [-0.39, 0.29) is 5.91 Å². The second kappa shape index (κ2) is 7.44. The molecule has 0 radical (unpaired) electrons. The van der Waals surface area contributed by atoms with Crippen LogP contribution in [0.5, 0.6) is 0 Å². The molecule has 1 atom stereocenters. The molecule has 1 aromatic carbocycles. The minimum absolute atomic E-state index is 0.306. The smallest absolute Gasteiger partial charge is 0.242 e. The van der Waals surface area contributed by atoms with E-state index in [1.165, 1.54) is 0 Å². The Morgan fingerprint density at radius 2 is 1.88 bits per heavy atom. The third-order valence-corrected chi connectivity index (χ3v) is 4.20. The fourth-order valence-corrected chi connectivity index (χ4v) is 2.79. The molecule has 25 heavy (non-hydrogen) atoms. The minimum Gasteiger partial charge on any atom is -0.354 e. The predicted molar refractivity (Wildman–Crippen MR) is 99.1 cm³/mol. The van der Waals surface area contributed by atoms with Crippen molar-refractivity contribution in [2.45, 2.75) is 12.3 Å². The molecule has 1 N–H and O–H groups in total. The van der Waals surface area contributed by atoms with Gasteiger partial charge in [-0.05, 0) is 31.2 Å². The molecular weight excluding hydrogens is 385 g/mol. The fraction of sp³-hybridized carbons (Fsp3) is 0.118. The van der Waals surface area contributed by atoms with Crippen LogP contribution >= 0.6 is 34.8 Å². The normalized spacial score (nSPS) is 12.0. The van der Waals surface area contributed by atoms with Crippen LogP contribution in [0.2, 0.25) is 10.0 Å². The number of amides is 1. The van der Waals surface area contributed by atoms with Gasteiger partial charge in [0.25, 0.3) is 0 Å². The van der Waals surface area contributed by atoms with Crippen LogP contribution in [-0.2, 0) is 4.79 Å². The fourth-order valence-electron chi connectivity index (χ4n) is 2.14. The summed E-state index contributed by atoms with van der Waals surface area (Å²) in [5.74, 6) is 0.112. The summed E-state index contributed by atoms with van der Waals surface area (Å²) in [6.45, 7) is 1.59. The summed E-state index contributed by atoms with van der Waals surface area (Å²) in [6, 6.07) is 10.2. The molecule has 2 heterocycles. The van der Waals surface area contributed by atoms with Crippen LogP contribution in [-0.4, -0.2) is 21.4 Å². The maximum atomic E-state index is 11.7. The van der Waals surface area contributed by atoms with Gasteiger partial charge in [0.1, 0.15) is 16.8 Å². The Labute approximate surface area is 158 Å². The van der Waals surface area contributed by atoms with Crippen LogP contribution in [0.4, 0.5) is 5.69 Å². The van der Waals surface area contributed by atoms with Crippen molar-refractivity contribution in [2.24, 2.45) is 0 Å². The second-order valence-electron chi connectivity index (χ2n) is 5.21. The predicted octanol–water partition coefficient (Wildman–Crippen LogP) is 5.28. The number of anilines is 1. The van der Waals surface area contributed by atoms with E-state index in [1.807, 2.05) is 0 Å². The summed E-state index contributed by atoms with van der Waals surface area (Å²) in [5.41, 5.74) is 2.13. The van der Waals surface area contributed by atoms with Crippen molar-refractivity contribution in [1.82, 2.24) is 10.1 Å². The third-order valence-electron chi connectivity index (χ3n) is 3.37. The summed E-state index contributed by atoms with van der Waals surface area (Å²) in [4.78, 5) is 15.9. The molecule has 3 rings (SSSR count). The van der Waals surface area contributed by atoms with Crippen LogP contribution in [0.3, 0.4) is 0 Å². The Morgan fingerprint density at radius 1 is 1.16 bits per heavy atom. The number of hydrogen-bond donors (Lipinski definition) is 1. The van der Waals surface area contributed by atoms with Crippen LogP contribution in [0.15, 0.2) is 47.1 Å². The number of rotatable bonds is 4. The number of aromatic nitrogens is 2. The SMILES string of the molecule is CC(Cl)C(=O)Nc1ccnc(-c2cc(-c3c(Cl)cccc3Cl)no2)c1. The number of carbonyl (C=O) groups is 1. The lowest BCUT2D eigenvalue weighted by molar-refractivity contribution is -0.115. The van der Waals surface area contributed by atoms with E-state index in [1.54, 1.807) is 49.5 Å². The van der Waals surface area contributed by atoms with E-state index < -0.39 is 5.38 Å². The first-order chi connectivity index (χ1) is 12.0. The van der Waals surface area contributed by atoms with Gasteiger partial charge in [-0.15, -0.1) is 11.6 Å². The first kappa shape index (κ1) is 17.7. The Hall–Kier alpha value is -2.08. The monoisotopic (exact) mass is 395 g/mol. The second-order valence-corrected chi connectivity index (χ2v) is 6.68. The summed E-state index contributed by atoms with van der Waals surface area (Å²) < 4.78 is 5.35. The lowest BCUT2D eigenvalue weighted by atomic mass is 10.1. The highest BCUT2D eigenvalue weighted by atomic mass is 35.5. The highest BCUT2D eigenvalue weighted by Crippen LogP contribution is 2.35. The van der Waals surface area contributed by atoms with Gasteiger partial charge in [0, 0.05) is 23.5 Å². The average molecular weight is 397 g/mol. The van der Waals surface area contributed by atoms with E-state index in [9.17, 15) is 4.79 Å². The van der Waals surface area contributed by atoms with Crippen molar-refractivity contribution < 1.29 is 9.32 Å². The maximum Gasteiger partial charge on any atom is 0.242 e. The molecule has 3 aromatic rings. The molecule has 8 heteroatoms. The van der Waals surface area contributed by atoms with Crippen molar-refractivity contribution >= 4 is 46.4 Å². The minimum atomic E-state index is -0.643. The highest BCUT2D eigenvalue weighted by Gasteiger charge is 2.16. The van der Waals surface area contributed by atoms with Gasteiger partial charge in [-0.1, -0.05) is 34.4 Å². The van der Waals surface area contributed by atoms with Crippen molar-refractivity contribution in [3.8, 4) is 22.7 Å². The van der Waals surface area contributed by atoms with Crippen LogP contribution in [0.25, 0.3) is 22.7 Å². The van der Waals surface area contributed by atoms with Gasteiger partial charge < -0.3 is 9.84 Å². The molecule has 128 valence electrons. The van der Waals surface area contributed by atoms with E-state index >= 15 is 0 Å². The maximum absolute atomic E-state index is 11.7. The first-order valence-electron chi connectivity index (χ1n) is 7.28. The van der Waals surface area contributed by atoms with E-state index in [0.717, 1.165) is 0 Å². The number of alkyl halides is 1. The molecule has 0 aliphatic heterocycles. The molecule has 0 saturated carbocycles. The zero-order chi connectivity index (χ0) is 18.0. The largest absolute Gasteiger partial charge is 0.354 e. The lowest BCUT2D eigenvalue weighted by Crippen LogP contribution is -2.20. The van der Waals surface area contributed by atoms with Gasteiger partial charge in [-0.3, -0.25) is 9.78 Å². The Bertz CT molecular complexity index is 905. The molecule has 0 aliphatic rings. The number of nitrogens with zero attached hydrogens (tertiary/aromatic N) is 2. The molecule has 1 amide bonds. The van der Waals surface area contributed by atoms with E-state index in [2.05, 4.69) is 15.5 Å². The van der Waals surface area contributed by atoms with Crippen LogP contribution in [0.1, 0.15) is 6.92 Å². The number of halogens is 3. The Balaban J connectivity index is 1.92. The standard InChI is InChI=1S/C17H12Cl3N3O2/c1-9(18)17(24)22-10-5-6-21-13(7-10)15-8-14(23-25-15)16-11(19)3-2-4-12(16)20/h2-9H,1H3,(H,21,22,24). The van der Waals surface area contributed by atoms with Gasteiger partial charge >= 0.3 is 0 Å². The number of carbonyl (C=O) groups excluding carboxylic acids is 1. The Kier molecular flexibility index (Phi) is 5.27. The molecule has 0 spiro atoms. The molecule has 1 unspecified atom stereocenters. The number of hydrogen-bond acceptors (Lipinski definition) is 4. The van der Waals surface area contributed by atoms with Crippen LogP contribution < -0.4 is 5.32 Å². The Morgan fingerprint density at radius 3 is 2.56 bits per heavy atom. The number of benzene rings is 1. The summed E-state index contributed by atoms with van der Waals surface area (Å²) >= 11 is 18.1. The van der Waals surface area contributed by atoms with Gasteiger partial charge in [-0.2, -0.15) is 0 Å². The van der Waals surface area contributed by atoms with Gasteiger partial charge in [0.15, 0.2) is 5.76 Å². The van der Waals surface area contributed by atoms with Crippen molar-refractivity contribution in [3.63, 3.8) is 0 Å². The van der Waals surface area contributed by atoms with Gasteiger partial charge in [0.05, 0.1) is 10.0 Å². The van der Waals surface area contributed by atoms with Crippen LogP contribution in [0, 0.1) is 0 Å². The molecular formula is C17H12Cl3N3O2. The molecule has 0 aliphatic carbocycles. The third kappa shape index (κ3) is 3.95. The van der Waals surface area contributed by atoms with E-state index in [0.29, 0.717) is 38.4 Å². The quantitative estimate of drug-likeness (QED) is 0.609. The topological polar surface area (TPSA) is 68.0 Å². The number of nitrogens with one attached hydrogen (secondary N) is 1. The summed E-state index contributed by atoms with van der Waals surface area (Å²) in [7, 11) is 0. The van der Waals surface area contributed by atoms with Gasteiger partial charge in [0.2, 0.25) is 5.91 Å². The summed E-state index contributed by atoms with van der Waals surface area (Å²) in [5, 5.41) is 7.00. The number of pyridine rings is 1. The molecule has 0 bridgehead atoms. The van der Waals surface area contributed by atoms with Gasteiger partial charge in [-0.25, -0.2) is 0 Å². The molecule has 0 saturated heterocycles. The summed E-state index contributed by atoms with van der Waals surface area (Å²) in [6.07, 6.45) is 1.55. The van der Waals surface area contributed by atoms with E-state index in [4.69, 9.17) is 39.3 Å². The zero-order valence-electron chi connectivity index (χ0n) is 13.0. The first-order valence-corrected chi connectivity index (χ1v) is 8.47. The van der Waals surface area contributed by atoms with Crippen molar-refractivity contribution in [3.05, 3.63) is 52.6 Å². The van der Waals surface area contributed by atoms with Crippen molar-refractivity contribution in [1.29, 1.82) is 0 Å². The molecule has 2 aromatic heterocycles. The zero-order valence-corrected chi connectivity index (χ0v) is 15.2. The highest BCUT2D eigenvalue weighted by molar-refractivity contribution is 6.39.